The van der Waals surface area contributed by atoms with Gasteiger partial charge in [-0.1, -0.05) is 164 Å². The number of esters is 1. The van der Waals surface area contributed by atoms with E-state index in [0.717, 1.165) is 77.8 Å². The summed E-state index contributed by atoms with van der Waals surface area (Å²) in [6.07, 6.45) is -0.712. The third-order valence-electron chi connectivity index (χ3n) is 22.5. The number of methoxy groups -OCH3 is 1. The Morgan fingerprint density at radius 1 is 0.746 bits per heavy atom. The van der Waals surface area contributed by atoms with Crippen molar-refractivity contribution in [2.75, 3.05) is 106 Å². The van der Waals surface area contributed by atoms with Gasteiger partial charge in [-0.15, -0.1) is 0 Å². The number of aryl methyl sites for hydroxylation is 2. The van der Waals surface area contributed by atoms with E-state index in [9.17, 15) is 43.5 Å². The maximum atomic E-state index is 14.5. The lowest BCUT2D eigenvalue weighted by Gasteiger charge is -2.42. The average Bonchev–Trinajstić information content (AvgIpc) is 1.56. The van der Waals surface area contributed by atoms with Crippen LogP contribution in [-0.4, -0.2) is 220 Å². The van der Waals surface area contributed by atoms with E-state index >= 15 is 0 Å². The number of halogens is 1. The van der Waals surface area contributed by atoms with Crippen molar-refractivity contribution in [2.45, 2.75) is 133 Å². The van der Waals surface area contributed by atoms with Crippen molar-refractivity contribution < 1.29 is 81.4 Å². The smallest absolute Gasteiger partial charge is 0.424 e. The maximum absolute atomic E-state index is 14.5. The molecule has 4 heterocycles. The highest BCUT2D eigenvalue weighted by molar-refractivity contribution is 6.34. The van der Waals surface area contributed by atoms with Gasteiger partial charge in [0.2, 0.25) is 23.6 Å². The van der Waals surface area contributed by atoms with Crippen molar-refractivity contribution in [1.82, 2.24) is 40.3 Å². The van der Waals surface area contributed by atoms with Crippen LogP contribution in [0.2, 0.25) is 5.02 Å². The molecule has 0 saturated carbocycles. The van der Waals surface area contributed by atoms with Crippen molar-refractivity contribution in [1.29, 1.82) is 0 Å². The highest BCUT2D eigenvalue weighted by Gasteiger charge is 2.64. The molecule has 1 aromatic heterocycles. The fourth-order valence-corrected chi connectivity index (χ4v) is 16.0. The molecule has 7 aromatic rings. The van der Waals surface area contributed by atoms with Gasteiger partial charge >= 0.3 is 24.2 Å². The van der Waals surface area contributed by atoms with Gasteiger partial charge in [-0.3, -0.25) is 29.4 Å². The third-order valence-corrected chi connectivity index (χ3v) is 23.0. The number of allylic oxidation sites excluding steroid dienone is 3. The van der Waals surface area contributed by atoms with Crippen LogP contribution in [0, 0.1) is 12.8 Å². The molecule has 1 unspecified atom stereocenters. The van der Waals surface area contributed by atoms with Crippen LogP contribution in [0.15, 0.2) is 163 Å². The minimum Gasteiger partial charge on any atom is -0.457 e. The molecule has 0 radical (unpaired) electrons. The number of benzene rings is 6. The predicted molar refractivity (Wildman–Crippen MR) is 429 cm³/mol. The van der Waals surface area contributed by atoms with E-state index in [1.807, 2.05) is 135 Å². The van der Waals surface area contributed by atoms with Crippen LogP contribution in [0.5, 0.6) is 0 Å². The Kier molecular flexibility index (Phi) is 26.8. The van der Waals surface area contributed by atoms with Gasteiger partial charge in [-0.2, -0.15) is 0 Å². The zero-order valence-corrected chi connectivity index (χ0v) is 66.9. The second-order valence-corrected chi connectivity index (χ2v) is 30.5. The van der Waals surface area contributed by atoms with Gasteiger partial charge in [0.15, 0.2) is 5.72 Å². The number of para-hydroxylation sites is 1. The second-order valence-electron chi connectivity index (χ2n) is 30.2. The molecule has 604 valence electrons. The number of hydrogen-bond donors (Lipinski definition) is 4. The fraction of sp³-hybridized carbons (Fsp3) is 0.425. The number of anilines is 1. The predicted octanol–water partition coefficient (Wildman–Crippen LogP) is 11.0. The highest BCUT2D eigenvalue weighted by Crippen LogP contribution is 2.50. The summed E-state index contributed by atoms with van der Waals surface area (Å²) in [5.74, 6) is -3.43. The second kappa shape index (κ2) is 36.8. The van der Waals surface area contributed by atoms with Crippen LogP contribution in [0.1, 0.15) is 104 Å². The molecular weight excluding hydrogens is 1480 g/mol. The van der Waals surface area contributed by atoms with Crippen molar-refractivity contribution in [3.05, 3.63) is 207 Å². The largest absolute Gasteiger partial charge is 0.457 e. The number of fused-ring (bicyclic) bond motifs is 12. The summed E-state index contributed by atoms with van der Waals surface area (Å²) in [6, 6.07) is 44.8. The van der Waals surface area contributed by atoms with Crippen LogP contribution < -0.4 is 20.9 Å². The molecule has 114 heavy (non-hydrogen) atoms. The molecule has 6 aromatic carbocycles. The number of ether oxygens (including phenoxy) is 8. The number of epoxide rings is 1. The molecule has 2 saturated heterocycles. The highest BCUT2D eigenvalue weighted by atomic mass is 35.5. The number of carbonyl (C=O) groups excluding carboxylic acids is 8. The Morgan fingerprint density at radius 3 is 1.96 bits per heavy atom. The van der Waals surface area contributed by atoms with Gasteiger partial charge in [-0.25, -0.2) is 29.2 Å². The Hall–Kier alpha value is -10.5. The van der Waals surface area contributed by atoms with Crippen molar-refractivity contribution in [3.63, 3.8) is 0 Å². The van der Waals surface area contributed by atoms with Gasteiger partial charge < -0.3 is 68.0 Å². The number of hydrazine groups is 1. The zero-order valence-electron chi connectivity index (χ0n) is 66.2. The Bertz CT molecular complexity index is 4690. The average molecular weight is 1580 g/mol. The number of aromatic nitrogens is 1. The van der Waals surface area contributed by atoms with Crippen LogP contribution in [-0.2, 0) is 81.4 Å². The summed E-state index contributed by atoms with van der Waals surface area (Å²) in [5.41, 5.74) is 10.2. The molecule has 27 heteroatoms. The minimum atomic E-state index is -1.88. The summed E-state index contributed by atoms with van der Waals surface area (Å²) >= 11 is 6.88. The lowest BCUT2D eigenvalue weighted by atomic mass is 9.83. The topological polar surface area (TPSA) is 291 Å². The van der Waals surface area contributed by atoms with E-state index in [4.69, 9.17) is 49.5 Å². The molecule has 5 aliphatic rings. The van der Waals surface area contributed by atoms with Gasteiger partial charge in [0, 0.05) is 103 Å². The molecule has 7 amide bonds. The molecule has 4 bridgehead atoms. The zero-order chi connectivity index (χ0) is 81.1. The van der Waals surface area contributed by atoms with E-state index in [1.165, 1.54) is 40.8 Å². The lowest BCUT2D eigenvalue weighted by molar-refractivity contribution is -0.162. The first kappa shape index (κ1) is 83.0. The molecule has 8 atom stereocenters. The summed E-state index contributed by atoms with van der Waals surface area (Å²) in [6.45, 7) is 9.43. The van der Waals surface area contributed by atoms with E-state index < -0.39 is 89.7 Å². The molecule has 0 spiro atoms. The van der Waals surface area contributed by atoms with E-state index in [0.29, 0.717) is 30.2 Å². The van der Waals surface area contributed by atoms with E-state index in [-0.39, 0.29) is 109 Å². The van der Waals surface area contributed by atoms with Crippen molar-refractivity contribution in [3.8, 4) is 22.3 Å². The molecule has 2 fully saturated rings. The minimum absolute atomic E-state index is 0.00737. The first-order valence-electron chi connectivity index (χ1n) is 38.7. The number of alkyl carbamates (subject to hydrolysis) is 1. The molecular formula is C87H102ClN9O17. The summed E-state index contributed by atoms with van der Waals surface area (Å²) < 4.78 is 49.6. The number of rotatable bonds is 28. The van der Waals surface area contributed by atoms with Crippen LogP contribution in [0.25, 0.3) is 33.2 Å². The summed E-state index contributed by atoms with van der Waals surface area (Å²) in [4.78, 5) is 115. The van der Waals surface area contributed by atoms with Crippen LogP contribution in [0.4, 0.5) is 20.1 Å². The number of nitrogens with one attached hydrogen (secondary N) is 3. The van der Waals surface area contributed by atoms with E-state index in [2.05, 4.69) is 44.8 Å². The number of hydrogen-bond acceptors (Lipinski definition) is 18. The first-order chi connectivity index (χ1) is 54.7. The summed E-state index contributed by atoms with van der Waals surface area (Å²) in [7, 11) is 7.95. The molecule has 26 nitrogen and oxygen atoms in total. The molecule has 4 N–H and O–H groups in total. The van der Waals surface area contributed by atoms with Gasteiger partial charge in [0.25, 0.3) is 0 Å². The normalized spacial score (nSPS) is 21.5. The molecule has 12 rings (SSSR count). The molecule has 2 aliphatic carbocycles. The van der Waals surface area contributed by atoms with Crippen LogP contribution in [0.3, 0.4) is 0 Å². The lowest BCUT2D eigenvalue weighted by Crippen LogP contribution is -2.63. The number of likely N-dealkylation sites (N-methyl/N-ethyl adjacent to an activating group) is 1. The quantitative estimate of drug-likeness (QED) is 0.0116. The van der Waals surface area contributed by atoms with E-state index in [1.54, 1.807) is 52.2 Å². The third kappa shape index (κ3) is 19.0. The number of nitrogens with zero attached hydrogens (tertiary/aromatic N) is 6. The van der Waals surface area contributed by atoms with Gasteiger partial charge in [0.05, 0.1) is 62.6 Å². The number of carbonyl (C=O) groups is 8. The Labute approximate surface area is 669 Å². The van der Waals surface area contributed by atoms with Crippen LogP contribution >= 0.6 is 11.6 Å². The summed E-state index contributed by atoms with van der Waals surface area (Å²) in [5, 5.41) is 24.8. The number of aliphatic hydroxyl groups is 1. The monoisotopic (exact) mass is 1580 g/mol. The molecule has 3 aliphatic heterocycles. The van der Waals surface area contributed by atoms with Gasteiger partial charge in [-0.05, 0) is 113 Å². The number of amides is 7. The van der Waals surface area contributed by atoms with Crippen molar-refractivity contribution >= 4 is 76.1 Å². The van der Waals surface area contributed by atoms with Gasteiger partial charge in [0.1, 0.15) is 49.7 Å². The standard InChI is InChI=1S/C87H102ClN9O17/c1-54-22-21-33-74(107-10)87(106)49-73(112-83(103)91-87)56(3)81-86(5,114-81)75(48-79(101)94(8)72-46-58(44-54)45-55(2)80(72)88)113-82(102)57(4)93(7)78(100)35-40-108-42-43-109-41-37-90-77(99)51-96(85(105)111-53-70-67-30-18-14-26-63(67)64-27-15-19-31-68(64)70)39-36-89-76(98)34-38-97-60(47-59-23-11-20-32-71(59)97)50-92(6)95(9)84(104)110-52-69-65-28-16-12-24-61(65)62-25-13-17-29-66(62)69/h11-33,45-47,56-57,69-70,73-75,81,106H,34-44,48-53H2,1-10H3,(H,89,98)(H,90,99)(H,91,103)/b33-21+,54-22+/t56-,57+,73+,74-,75+,81?,86+,87-/m1/s1. The fourth-order valence-electron chi connectivity index (χ4n) is 15.8. The Balaban J connectivity index is 0.606. The first-order valence-corrected chi connectivity index (χ1v) is 39.1. The van der Waals surface area contributed by atoms with Crippen molar-refractivity contribution in [2.24, 2.45) is 5.92 Å². The SMILES string of the molecule is CO[C@@H]1/C=C/C=C(\C)Cc2cc(C)c(Cl)c(c2)N(C)C(=O)C[C@H](OC(=O)[C@H](C)N(C)C(=O)CCOCCOCCNC(=O)CN(CCNC(=O)CCn2c(CN(C)N(C)C(=O)OCC3c4ccccc4-c4ccccc43)cc3ccccc32)C(=O)OCC2c3ccccc3-c3ccccc32)[C@]2(C)OC2[C@H](C)[C@@H]2C[C@]1(O)NC(=O)O2. The maximum Gasteiger partial charge on any atom is 0.424 e. The Morgan fingerprint density at radius 2 is 1.33 bits per heavy atom.